The summed E-state index contributed by atoms with van der Waals surface area (Å²) < 4.78 is 5.28. The first-order chi connectivity index (χ1) is 8.70. The highest BCUT2D eigenvalue weighted by molar-refractivity contribution is 5.79. The SMILES string of the molecule is CCOCCCNC(=NC)NCCCCC(C)C. The summed E-state index contributed by atoms with van der Waals surface area (Å²) >= 11 is 0. The van der Waals surface area contributed by atoms with Crippen LogP contribution in [0.15, 0.2) is 4.99 Å². The zero-order valence-electron chi connectivity index (χ0n) is 12.6. The van der Waals surface area contributed by atoms with Gasteiger partial charge >= 0.3 is 0 Å². The summed E-state index contributed by atoms with van der Waals surface area (Å²) in [6, 6.07) is 0. The molecule has 0 amide bonds. The number of hydrogen-bond acceptors (Lipinski definition) is 2. The molecule has 0 aliphatic heterocycles. The van der Waals surface area contributed by atoms with Crippen LogP contribution in [0.4, 0.5) is 0 Å². The fourth-order valence-electron chi connectivity index (χ4n) is 1.63. The summed E-state index contributed by atoms with van der Waals surface area (Å²) in [5.41, 5.74) is 0. The highest BCUT2D eigenvalue weighted by Crippen LogP contribution is 2.04. The number of guanidine groups is 1. The van der Waals surface area contributed by atoms with E-state index in [0.717, 1.165) is 44.6 Å². The molecule has 108 valence electrons. The van der Waals surface area contributed by atoms with Crippen LogP contribution in [0, 0.1) is 5.92 Å². The second-order valence-corrected chi connectivity index (χ2v) is 4.87. The molecule has 18 heavy (non-hydrogen) atoms. The molecule has 0 saturated carbocycles. The Balaban J connectivity index is 3.42. The average molecular weight is 257 g/mol. The topological polar surface area (TPSA) is 45.6 Å². The Hall–Kier alpha value is -0.770. The highest BCUT2D eigenvalue weighted by atomic mass is 16.5. The standard InChI is InChI=1S/C14H31N3O/c1-5-18-12-8-11-17-14(15-4)16-10-7-6-9-13(2)3/h13H,5-12H2,1-4H3,(H2,15,16,17). The lowest BCUT2D eigenvalue weighted by Crippen LogP contribution is -2.38. The molecule has 0 rings (SSSR count). The molecule has 0 fully saturated rings. The molecule has 0 aromatic rings. The van der Waals surface area contributed by atoms with Gasteiger partial charge in [0, 0.05) is 33.4 Å². The first-order valence-corrected chi connectivity index (χ1v) is 7.23. The maximum absolute atomic E-state index is 5.28. The predicted molar refractivity (Wildman–Crippen MR) is 79.2 cm³/mol. The molecule has 0 heterocycles. The number of ether oxygens (including phenoxy) is 1. The molecule has 2 N–H and O–H groups in total. The Morgan fingerprint density at radius 1 is 1.11 bits per heavy atom. The maximum atomic E-state index is 5.28. The molecular formula is C14H31N3O. The molecule has 0 aromatic heterocycles. The van der Waals surface area contributed by atoms with Crippen LogP contribution in [0.3, 0.4) is 0 Å². The van der Waals surface area contributed by atoms with E-state index < -0.39 is 0 Å². The Labute approximate surface area is 113 Å². The van der Waals surface area contributed by atoms with Crippen molar-refractivity contribution in [1.82, 2.24) is 10.6 Å². The molecule has 0 unspecified atom stereocenters. The van der Waals surface area contributed by atoms with Gasteiger partial charge in [-0.2, -0.15) is 0 Å². The molecule has 0 spiro atoms. The minimum Gasteiger partial charge on any atom is -0.382 e. The number of aliphatic imine (C=N–C) groups is 1. The van der Waals surface area contributed by atoms with Crippen molar-refractivity contribution in [2.45, 2.75) is 46.5 Å². The second kappa shape index (κ2) is 12.7. The van der Waals surface area contributed by atoms with Crippen molar-refractivity contribution in [3.8, 4) is 0 Å². The second-order valence-electron chi connectivity index (χ2n) is 4.87. The molecule has 0 atom stereocenters. The van der Waals surface area contributed by atoms with Gasteiger partial charge in [-0.05, 0) is 25.7 Å². The Morgan fingerprint density at radius 3 is 2.33 bits per heavy atom. The third kappa shape index (κ3) is 11.7. The van der Waals surface area contributed by atoms with Crippen LogP contribution in [0.1, 0.15) is 46.5 Å². The number of nitrogens with one attached hydrogen (secondary N) is 2. The van der Waals surface area contributed by atoms with Crippen LogP contribution in [0.2, 0.25) is 0 Å². The van der Waals surface area contributed by atoms with Crippen molar-refractivity contribution >= 4 is 5.96 Å². The number of unbranched alkanes of at least 4 members (excludes halogenated alkanes) is 1. The maximum Gasteiger partial charge on any atom is 0.190 e. The lowest BCUT2D eigenvalue weighted by Gasteiger charge is -2.12. The fourth-order valence-corrected chi connectivity index (χ4v) is 1.63. The molecule has 0 aliphatic rings. The van der Waals surface area contributed by atoms with Crippen LogP contribution >= 0.6 is 0 Å². The van der Waals surface area contributed by atoms with Gasteiger partial charge in [-0.1, -0.05) is 26.7 Å². The summed E-state index contributed by atoms with van der Waals surface area (Å²) in [6.45, 7) is 10.1. The molecule has 0 bridgehead atoms. The van der Waals surface area contributed by atoms with Crippen molar-refractivity contribution < 1.29 is 4.74 Å². The molecular weight excluding hydrogens is 226 g/mol. The van der Waals surface area contributed by atoms with Crippen molar-refractivity contribution in [1.29, 1.82) is 0 Å². The minimum atomic E-state index is 0.794. The monoisotopic (exact) mass is 257 g/mol. The van der Waals surface area contributed by atoms with Crippen LogP contribution in [0.5, 0.6) is 0 Å². The lowest BCUT2D eigenvalue weighted by atomic mass is 10.1. The van der Waals surface area contributed by atoms with E-state index in [9.17, 15) is 0 Å². The molecule has 0 saturated heterocycles. The molecule has 4 heteroatoms. The summed E-state index contributed by atoms with van der Waals surface area (Å²) in [7, 11) is 1.81. The number of rotatable bonds is 10. The first-order valence-electron chi connectivity index (χ1n) is 7.23. The summed E-state index contributed by atoms with van der Waals surface area (Å²) in [4.78, 5) is 4.19. The minimum absolute atomic E-state index is 0.794. The van der Waals surface area contributed by atoms with Crippen LogP contribution in [-0.2, 0) is 4.74 Å². The average Bonchev–Trinajstić information content (AvgIpc) is 2.35. The van der Waals surface area contributed by atoms with Gasteiger partial charge in [-0.15, -0.1) is 0 Å². The van der Waals surface area contributed by atoms with E-state index in [1.54, 1.807) is 0 Å². The van der Waals surface area contributed by atoms with Gasteiger partial charge in [0.1, 0.15) is 0 Å². The van der Waals surface area contributed by atoms with E-state index in [4.69, 9.17) is 4.74 Å². The normalized spacial score (nSPS) is 11.9. The van der Waals surface area contributed by atoms with E-state index >= 15 is 0 Å². The molecule has 4 nitrogen and oxygen atoms in total. The van der Waals surface area contributed by atoms with Crippen molar-refractivity contribution in [3.63, 3.8) is 0 Å². The van der Waals surface area contributed by atoms with Gasteiger partial charge in [-0.25, -0.2) is 0 Å². The van der Waals surface area contributed by atoms with Crippen molar-refractivity contribution in [3.05, 3.63) is 0 Å². The van der Waals surface area contributed by atoms with Crippen molar-refractivity contribution in [2.75, 3.05) is 33.4 Å². The zero-order valence-corrected chi connectivity index (χ0v) is 12.6. The Kier molecular flexibility index (Phi) is 12.1. The Bertz CT molecular complexity index is 205. The van der Waals surface area contributed by atoms with Crippen molar-refractivity contribution in [2.24, 2.45) is 10.9 Å². The molecule has 0 radical (unpaired) electrons. The van der Waals surface area contributed by atoms with E-state index in [-0.39, 0.29) is 0 Å². The zero-order chi connectivity index (χ0) is 13.6. The first kappa shape index (κ1) is 17.2. The Morgan fingerprint density at radius 2 is 1.78 bits per heavy atom. The highest BCUT2D eigenvalue weighted by Gasteiger charge is 1.97. The van der Waals surface area contributed by atoms with Gasteiger partial charge in [0.2, 0.25) is 0 Å². The van der Waals surface area contributed by atoms with Crippen LogP contribution < -0.4 is 10.6 Å². The van der Waals surface area contributed by atoms with Gasteiger partial charge < -0.3 is 15.4 Å². The molecule has 0 aromatic carbocycles. The number of nitrogens with zero attached hydrogens (tertiary/aromatic N) is 1. The third-order valence-corrected chi connectivity index (χ3v) is 2.69. The van der Waals surface area contributed by atoms with E-state index in [0.29, 0.717) is 0 Å². The van der Waals surface area contributed by atoms with E-state index in [1.165, 1.54) is 19.3 Å². The quantitative estimate of drug-likeness (QED) is 0.359. The third-order valence-electron chi connectivity index (χ3n) is 2.69. The van der Waals surface area contributed by atoms with Gasteiger partial charge in [0.25, 0.3) is 0 Å². The smallest absolute Gasteiger partial charge is 0.190 e. The summed E-state index contributed by atoms with van der Waals surface area (Å²) in [6.07, 6.45) is 4.81. The lowest BCUT2D eigenvalue weighted by molar-refractivity contribution is 0.145. The van der Waals surface area contributed by atoms with Gasteiger partial charge in [0.05, 0.1) is 0 Å². The van der Waals surface area contributed by atoms with E-state index in [1.807, 2.05) is 14.0 Å². The van der Waals surface area contributed by atoms with E-state index in [2.05, 4.69) is 29.5 Å². The van der Waals surface area contributed by atoms with Gasteiger partial charge in [0.15, 0.2) is 5.96 Å². The number of hydrogen-bond donors (Lipinski definition) is 2. The van der Waals surface area contributed by atoms with Gasteiger partial charge in [-0.3, -0.25) is 4.99 Å². The largest absolute Gasteiger partial charge is 0.382 e. The van der Waals surface area contributed by atoms with Crippen LogP contribution in [0.25, 0.3) is 0 Å². The fraction of sp³-hybridized carbons (Fsp3) is 0.929. The molecule has 0 aliphatic carbocycles. The predicted octanol–water partition coefficient (Wildman–Crippen LogP) is 2.40. The summed E-state index contributed by atoms with van der Waals surface area (Å²) in [5, 5.41) is 6.62. The van der Waals surface area contributed by atoms with Crippen LogP contribution in [-0.4, -0.2) is 39.3 Å². The summed E-state index contributed by atoms with van der Waals surface area (Å²) in [5.74, 6) is 1.71.